The van der Waals surface area contributed by atoms with Gasteiger partial charge in [-0.3, -0.25) is 4.79 Å². The van der Waals surface area contributed by atoms with Crippen LogP contribution in [0.25, 0.3) is 0 Å². The summed E-state index contributed by atoms with van der Waals surface area (Å²) in [6, 6.07) is 7.02. The van der Waals surface area contributed by atoms with Crippen molar-refractivity contribution in [1.29, 1.82) is 0 Å². The molecule has 0 unspecified atom stereocenters. The molecule has 0 radical (unpaired) electrons. The summed E-state index contributed by atoms with van der Waals surface area (Å²) in [4.78, 5) is 23.2. The zero-order chi connectivity index (χ0) is 12.7. The maximum atomic E-state index is 11.8. The van der Waals surface area contributed by atoms with Gasteiger partial charge in [-0.25, -0.2) is 4.79 Å². The molecule has 0 aromatic heterocycles. The molecule has 1 aromatic rings. The minimum atomic E-state index is -0.754. The highest BCUT2D eigenvalue weighted by Gasteiger charge is 2.18. The third-order valence-corrected chi connectivity index (χ3v) is 2.56. The number of carbonyl (C=O) groups excluding carboxylic acids is 2. The molecule has 0 aliphatic heterocycles. The van der Waals surface area contributed by atoms with E-state index >= 15 is 0 Å². The average Bonchev–Trinajstić information content (AvgIpc) is 2.34. The Bertz CT molecular complexity index is 399. The number of aryl methyl sites for hydroxylation is 1. The second kappa shape index (κ2) is 8.42. The van der Waals surface area contributed by atoms with Gasteiger partial charge in [0.1, 0.15) is 0 Å². The van der Waals surface area contributed by atoms with Crippen LogP contribution in [0.15, 0.2) is 24.3 Å². The average molecular weight is 252 g/mol. The number of hydrogen-bond donors (Lipinski definition) is 0. The molecule has 0 atom stereocenters. The number of hydrogen-bond acceptors (Lipinski definition) is 3. The lowest BCUT2D eigenvalue weighted by Gasteiger charge is -2.05. The van der Waals surface area contributed by atoms with Crippen molar-refractivity contribution in [2.45, 2.75) is 33.1 Å². The highest BCUT2D eigenvalue weighted by atomic mass is 16.5. The standard InChI is InChI=1S/C14H18O3.H2O/c1-3-4-7-10-17-14(16)13(15)12-9-6-5-8-11(12)2;/h5-6,8-9H,3-4,7,10H2,1-2H3;1H2. The van der Waals surface area contributed by atoms with Crippen molar-refractivity contribution in [2.24, 2.45) is 0 Å². The molecule has 100 valence electrons. The van der Waals surface area contributed by atoms with E-state index in [1.807, 2.05) is 6.07 Å². The normalized spacial score (nSPS) is 9.44. The van der Waals surface area contributed by atoms with Crippen molar-refractivity contribution < 1.29 is 19.8 Å². The largest absolute Gasteiger partial charge is 0.460 e. The fourth-order valence-corrected chi connectivity index (χ4v) is 1.52. The number of ketones is 1. The molecule has 0 saturated heterocycles. The number of benzene rings is 1. The Labute approximate surface area is 107 Å². The van der Waals surface area contributed by atoms with Crippen LogP contribution in [0, 0.1) is 6.92 Å². The van der Waals surface area contributed by atoms with Gasteiger partial charge >= 0.3 is 5.97 Å². The first-order valence-corrected chi connectivity index (χ1v) is 5.94. The van der Waals surface area contributed by atoms with E-state index in [0.29, 0.717) is 12.2 Å². The molecule has 18 heavy (non-hydrogen) atoms. The predicted octanol–water partition coefficient (Wildman–Crippen LogP) is 2.09. The summed E-state index contributed by atoms with van der Waals surface area (Å²) in [5.41, 5.74) is 1.22. The summed E-state index contributed by atoms with van der Waals surface area (Å²) in [5, 5.41) is 0. The molecule has 4 heteroatoms. The zero-order valence-electron chi connectivity index (χ0n) is 10.9. The van der Waals surface area contributed by atoms with Gasteiger partial charge in [-0.15, -0.1) is 0 Å². The van der Waals surface area contributed by atoms with Crippen molar-refractivity contribution in [1.82, 2.24) is 0 Å². The van der Waals surface area contributed by atoms with Crippen molar-refractivity contribution >= 4 is 11.8 Å². The fraction of sp³-hybridized carbons (Fsp3) is 0.429. The van der Waals surface area contributed by atoms with Crippen LogP contribution in [0.1, 0.15) is 42.1 Å². The molecular weight excluding hydrogens is 232 g/mol. The van der Waals surface area contributed by atoms with Gasteiger partial charge in [0.05, 0.1) is 6.61 Å². The van der Waals surface area contributed by atoms with Crippen LogP contribution in [0.5, 0.6) is 0 Å². The smallest absolute Gasteiger partial charge is 0.379 e. The number of rotatable bonds is 6. The van der Waals surface area contributed by atoms with Crippen molar-refractivity contribution in [3.8, 4) is 0 Å². The molecular formula is C14H20O4. The van der Waals surface area contributed by atoms with Crippen LogP contribution < -0.4 is 0 Å². The molecule has 0 fully saturated rings. The van der Waals surface area contributed by atoms with Gasteiger partial charge in [-0.1, -0.05) is 44.0 Å². The molecule has 0 amide bonds. The maximum absolute atomic E-state index is 11.8. The minimum Gasteiger partial charge on any atom is -0.460 e. The summed E-state index contributed by atoms with van der Waals surface area (Å²) in [5.74, 6) is -1.31. The quantitative estimate of drug-likeness (QED) is 0.336. The molecule has 1 rings (SSSR count). The predicted molar refractivity (Wildman–Crippen MR) is 69.6 cm³/mol. The number of Topliss-reactive ketones (excluding diaryl/α,β-unsaturated/α-hetero) is 1. The van der Waals surface area contributed by atoms with Crippen molar-refractivity contribution in [3.05, 3.63) is 35.4 Å². The van der Waals surface area contributed by atoms with Crippen molar-refractivity contribution in [2.75, 3.05) is 6.61 Å². The van der Waals surface area contributed by atoms with E-state index in [1.54, 1.807) is 25.1 Å². The molecule has 0 bridgehead atoms. The third kappa shape index (κ3) is 4.67. The van der Waals surface area contributed by atoms with Crippen LogP contribution in [0.4, 0.5) is 0 Å². The highest BCUT2D eigenvalue weighted by Crippen LogP contribution is 2.09. The van der Waals surface area contributed by atoms with Crippen LogP contribution in [-0.2, 0) is 9.53 Å². The van der Waals surface area contributed by atoms with Gasteiger partial charge in [-0.05, 0) is 18.9 Å². The molecule has 0 aliphatic carbocycles. The second-order valence-corrected chi connectivity index (χ2v) is 3.99. The van der Waals surface area contributed by atoms with Crippen LogP contribution in [-0.4, -0.2) is 23.8 Å². The van der Waals surface area contributed by atoms with E-state index < -0.39 is 11.8 Å². The van der Waals surface area contributed by atoms with Gasteiger partial charge in [0.25, 0.3) is 5.78 Å². The zero-order valence-corrected chi connectivity index (χ0v) is 10.9. The lowest BCUT2D eigenvalue weighted by molar-refractivity contribution is -0.138. The Morgan fingerprint density at radius 3 is 2.44 bits per heavy atom. The summed E-state index contributed by atoms with van der Waals surface area (Å²) >= 11 is 0. The second-order valence-electron chi connectivity index (χ2n) is 3.99. The third-order valence-electron chi connectivity index (χ3n) is 2.56. The van der Waals surface area contributed by atoms with E-state index in [9.17, 15) is 9.59 Å². The fourth-order valence-electron chi connectivity index (χ4n) is 1.52. The molecule has 2 N–H and O–H groups in total. The molecule has 0 saturated carbocycles. The minimum absolute atomic E-state index is 0. The first-order valence-electron chi connectivity index (χ1n) is 5.94. The maximum Gasteiger partial charge on any atom is 0.379 e. The van der Waals surface area contributed by atoms with Gasteiger partial charge in [0, 0.05) is 5.56 Å². The topological polar surface area (TPSA) is 74.9 Å². The molecule has 0 aliphatic rings. The number of unbranched alkanes of at least 4 members (excludes halogenated alkanes) is 2. The first-order chi connectivity index (χ1) is 8.16. The van der Waals surface area contributed by atoms with E-state index in [4.69, 9.17) is 4.74 Å². The number of carbonyl (C=O) groups is 2. The Morgan fingerprint density at radius 1 is 1.17 bits per heavy atom. The summed E-state index contributed by atoms with van der Waals surface area (Å²) in [7, 11) is 0. The van der Waals surface area contributed by atoms with Gasteiger partial charge in [0.15, 0.2) is 0 Å². The monoisotopic (exact) mass is 252 g/mol. The Kier molecular flexibility index (Phi) is 7.63. The summed E-state index contributed by atoms with van der Waals surface area (Å²) in [6.45, 7) is 4.20. The summed E-state index contributed by atoms with van der Waals surface area (Å²) in [6.07, 6.45) is 2.87. The van der Waals surface area contributed by atoms with E-state index in [-0.39, 0.29) is 5.48 Å². The summed E-state index contributed by atoms with van der Waals surface area (Å²) < 4.78 is 4.93. The molecule has 4 nitrogen and oxygen atoms in total. The van der Waals surface area contributed by atoms with Crippen LogP contribution >= 0.6 is 0 Å². The van der Waals surface area contributed by atoms with E-state index in [1.165, 1.54) is 0 Å². The van der Waals surface area contributed by atoms with Crippen LogP contribution in [0.2, 0.25) is 0 Å². The van der Waals surface area contributed by atoms with Crippen LogP contribution in [0.3, 0.4) is 0 Å². The van der Waals surface area contributed by atoms with Crippen molar-refractivity contribution in [3.63, 3.8) is 0 Å². The van der Waals surface area contributed by atoms with Gasteiger partial charge in [-0.2, -0.15) is 0 Å². The van der Waals surface area contributed by atoms with E-state index in [2.05, 4.69) is 6.92 Å². The van der Waals surface area contributed by atoms with Gasteiger partial charge in [0.2, 0.25) is 0 Å². The van der Waals surface area contributed by atoms with E-state index in [0.717, 1.165) is 24.8 Å². The lowest BCUT2D eigenvalue weighted by atomic mass is 10.1. The first kappa shape index (κ1) is 16.3. The Balaban J connectivity index is 0.00000289. The molecule has 0 heterocycles. The Morgan fingerprint density at radius 2 is 1.83 bits per heavy atom. The number of esters is 1. The Hall–Kier alpha value is -1.68. The van der Waals surface area contributed by atoms with Gasteiger partial charge < -0.3 is 10.2 Å². The SMILES string of the molecule is CCCCCOC(=O)C(=O)c1ccccc1C.O. The molecule has 0 spiro atoms. The molecule has 1 aromatic carbocycles. The highest BCUT2D eigenvalue weighted by molar-refractivity contribution is 6.40. The number of ether oxygens (including phenoxy) is 1. The lowest BCUT2D eigenvalue weighted by Crippen LogP contribution is -2.19.